The third-order valence-electron chi connectivity index (χ3n) is 3.29. The molecule has 0 aromatic heterocycles. The first-order chi connectivity index (χ1) is 7.13. The second-order valence-electron chi connectivity index (χ2n) is 4.63. The molecule has 1 fully saturated rings. The van der Waals surface area contributed by atoms with Gasteiger partial charge in [0, 0.05) is 6.04 Å². The van der Waals surface area contributed by atoms with Crippen LogP contribution in [-0.4, -0.2) is 37.1 Å². The highest BCUT2D eigenvalue weighted by Gasteiger charge is 2.22. The lowest BCUT2D eigenvalue weighted by Gasteiger charge is -2.32. The van der Waals surface area contributed by atoms with Crippen LogP contribution in [0.2, 0.25) is 0 Å². The Kier molecular flexibility index (Phi) is 5.09. The molecule has 0 spiro atoms. The maximum atomic E-state index is 11.3. The zero-order chi connectivity index (χ0) is 11.3. The first-order valence-corrected chi connectivity index (χ1v) is 5.99. The summed E-state index contributed by atoms with van der Waals surface area (Å²) in [5.74, 6) is 0.760. The molecule has 0 radical (unpaired) electrons. The Bertz CT molecular complexity index is 198. The molecule has 88 valence electrons. The van der Waals surface area contributed by atoms with E-state index in [1.165, 1.54) is 25.7 Å². The second kappa shape index (κ2) is 6.11. The van der Waals surface area contributed by atoms with Gasteiger partial charge in [0.25, 0.3) is 0 Å². The summed E-state index contributed by atoms with van der Waals surface area (Å²) in [5.41, 5.74) is 0. The molecule has 0 N–H and O–H groups in total. The van der Waals surface area contributed by atoms with E-state index in [0.717, 1.165) is 5.92 Å². The fraction of sp³-hybridized carbons (Fsp3) is 0.917. The normalized spacial score (nSPS) is 26.7. The van der Waals surface area contributed by atoms with Gasteiger partial charge in [0.2, 0.25) is 0 Å². The number of hydrogen-bond donors (Lipinski definition) is 0. The highest BCUT2D eigenvalue weighted by molar-refractivity contribution is 5.71. The van der Waals surface area contributed by atoms with Gasteiger partial charge in [0.05, 0.1) is 13.2 Å². The molecule has 0 unspecified atom stereocenters. The van der Waals surface area contributed by atoms with Crippen LogP contribution in [-0.2, 0) is 9.53 Å². The van der Waals surface area contributed by atoms with Crippen molar-refractivity contribution in [2.75, 3.05) is 20.2 Å². The number of hydrogen-bond acceptors (Lipinski definition) is 3. The smallest absolute Gasteiger partial charge is 0.320 e. The summed E-state index contributed by atoms with van der Waals surface area (Å²) in [7, 11) is 2.03. The van der Waals surface area contributed by atoms with Crippen molar-refractivity contribution < 1.29 is 9.53 Å². The lowest BCUT2D eigenvalue weighted by molar-refractivity contribution is -0.144. The van der Waals surface area contributed by atoms with Crippen molar-refractivity contribution in [3.8, 4) is 0 Å². The molecule has 1 saturated carbocycles. The fourth-order valence-electron chi connectivity index (χ4n) is 2.22. The van der Waals surface area contributed by atoms with Gasteiger partial charge in [-0.25, -0.2) is 0 Å². The van der Waals surface area contributed by atoms with Gasteiger partial charge in [-0.3, -0.25) is 9.69 Å². The standard InChI is InChI=1S/C12H23NO2/c1-4-15-12(14)9-13(3)11-7-5-10(2)6-8-11/h10-11H,4-9H2,1-3H3. The third-order valence-corrected chi connectivity index (χ3v) is 3.29. The van der Waals surface area contributed by atoms with Crippen LogP contribution in [0.15, 0.2) is 0 Å². The minimum atomic E-state index is -0.0985. The van der Waals surface area contributed by atoms with E-state index in [2.05, 4.69) is 11.8 Å². The summed E-state index contributed by atoms with van der Waals surface area (Å²) in [4.78, 5) is 13.4. The molecule has 3 heteroatoms. The van der Waals surface area contributed by atoms with Crippen molar-refractivity contribution in [1.82, 2.24) is 4.90 Å². The molecule has 3 nitrogen and oxygen atoms in total. The maximum Gasteiger partial charge on any atom is 0.320 e. The summed E-state index contributed by atoms with van der Waals surface area (Å²) in [6, 6.07) is 0.575. The first-order valence-electron chi connectivity index (χ1n) is 5.99. The molecule has 0 bridgehead atoms. The van der Waals surface area contributed by atoms with Crippen molar-refractivity contribution >= 4 is 5.97 Å². The SMILES string of the molecule is CCOC(=O)CN(C)C1CCC(C)CC1. The van der Waals surface area contributed by atoms with E-state index >= 15 is 0 Å². The van der Waals surface area contributed by atoms with Gasteiger partial charge in [0.1, 0.15) is 0 Å². The van der Waals surface area contributed by atoms with Crippen LogP contribution in [0.25, 0.3) is 0 Å². The summed E-state index contributed by atoms with van der Waals surface area (Å²) in [5, 5.41) is 0. The zero-order valence-electron chi connectivity index (χ0n) is 10.2. The van der Waals surface area contributed by atoms with Crippen molar-refractivity contribution in [3.05, 3.63) is 0 Å². The van der Waals surface area contributed by atoms with Crippen molar-refractivity contribution in [2.45, 2.75) is 45.6 Å². The number of carbonyl (C=O) groups is 1. The molecule has 1 aliphatic carbocycles. The van der Waals surface area contributed by atoms with Crippen LogP contribution < -0.4 is 0 Å². The van der Waals surface area contributed by atoms with Crippen LogP contribution in [0.4, 0.5) is 0 Å². The highest BCUT2D eigenvalue weighted by atomic mass is 16.5. The van der Waals surface area contributed by atoms with Gasteiger partial charge in [-0.1, -0.05) is 6.92 Å². The van der Waals surface area contributed by atoms with E-state index in [1.807, 2.05) is 14.0 Å². The third kappa shape index (κ3) is 4.20. The molecule has 0 amide bonds. The molecular formula is C12H23NO2. The molecule has 0 saturated heterocycles. The number of esters is 1. The minimum Gasteiger partial charge on any atom is -0.465 e. The molecule has 0 heterocycles. The van der Waals surface area contributed by atoms with E-state index in [4.69, 9.17) is 4.74 Å². The monoisotopic (exact) mass is 213 g/mol. The molecule has 15 heavy (non-hydrogen) atoms. The van der Waals surface area contributed by atoms with Gasteiger partial charge in [-0.05, 0) is 45.6 Å². The van der Waals surface area contributed by atoms with E-state index in [-0.39, 0.29) is 5.97 Å². The van der Waals surface area contributed by atoms with Crippen LogP contribution in [0, 0.1) is 5.92 Å². The van der Waals surface area contributed by atoms with Crippen molar-refractivity contribution in [2.24, 2.45) is 5.92 Å². The van der Waals surface area contributed by atoms with Crippen LogP contribution in [0.1, 0.15) is 39.5 Å². The largest absolute Gasteiger partial charge is 0.465 e. The minimum absolute atomic E-state index is 0.0985. The first kappa shape index (κ1) is 12.5. The molecule has 0 aliphatic heterocycles. The van der Waals surface area contributed by atoms with E-state index in [1.54, 1.807) is 0 Å². The number of nitrogens with zero attached hydrogens (tertiary/aromatic N) is 1. The Morgan fingerprint density at radius 2 is 1.93 bits per heavy atom. The summed E-state index contributed by atoms with van der Waals surface area (Å²) < 4.78 is 4.94. The van der Waals surface area contributed by atoms with Gasteiger partial charge in [-0.2, -0.15) is 0 Å². The Morgan fingerprint density at radius 1 is 1.33 bits per heavy atom. The molecule has 1 rings (SSSR count). The summed E-state index contributed by atoms with van der Waals surface area (Å²) in [6.45, 7) is 5.07. The van der Waals surface area contributed by atoms with Gasteiger partial charge < -0.3 is 4.74 Å². The Hall–Kier alpha value is -0.570. The van der Waals surface area contributed by atoms with E-state index in [9.17, 15) is 4.79 Å². The summed E-state index contributed by atoms with van der Waals surface area (Å²) in [6.07, 6.45) is 5.02. The van der Waals surface area contributed by atoms with E-state index in [0.29, 0.717) is 19.2 Å². The lowest BCUT2D eigenvalue weighted by atomic mass is 9.87. The summed E-state index contributed by atoms with van der Waals surface area (Å²) >= 11 is 0. The van der Waals surface area contributed by atoms with Gasteiger partial charge in [-0.15, -0.1) is 0 Å². The number of ether oxygens (including phenoxy) is 1. The highest BCUT2D eigenvalue weighted by Crippen LogP contribution is 2.26. The number of rotatable bonds is 4. The van der Waals surface area contributed by atoms with Gasteiger partial charge >= 0.3 is 5.97 Å². The topological polar surface area (TPSA) is 29.5 Å². The molecule has 1 aliphatic rings. The second-order valence-corrected chi connectivity index (χ2v) is 4.63. The van der Waals surface area contributed by atoms with Crippen molar-refractivity contribution in [1.29, 1.82) is 0 Å². The lowest BCUT2D eigenvalue weighted by Crippen LogP contribution is -2.38. The fourth-order valence-corrected chi connectivity index (χ4v) is 2.22. The zero-order valence-corrected chi connectivity index (χ0v) is 10.2. The Labute approximate surface area is 92.8 Å². The predicted molar refractivity (Wildman–Crippen MR) is 60.7 cm³/mol. The average Bonchev–Trinajstić information content (AvgIpc) is 2.18. The molecule has 0 aromatic rings. The quantitative estimate of drug-likeness (QED) is 0.669. The van der Waals surface area contributed by atoms with Crippen molar-refractivity contribution in [3.63, 3.8) is 0 Å². The molecule has 0 aromatic carbocycles. The number of carbonyl (C=O) groups excluding carboxylic acids is 1. The Morgan fingerprint density at radius 3 is 2.47 bits per heavy atom. The molecular weight excluding hydrogens is 190 g/mol. The Balaban J connectivity index is 2.27. The molecule has 0 atom stereocenters. The average molecular weight is 213 g/mol. The van der Waals surface area contributed by atoms with Gasteiger partial charge in [0.15, 0.2) is 0 Å². The van der Waals surface area contributed by atoms with Crippen LogP contribution in [0.5, 0.6) is 0 Å². The predicted octanol–water partition coefficient (Wildman–Crippen LogP) is 2.06. The van der Waals surface area contributed by atoms with Crippen LogP contribution in [0.3, 0.4) is 0 Å². The maximum absolute atomic E-state index is 11.3. The van der Waals surface area contributed by atoms with E-state index < -0.39 is 0 Å². The number of likely N-dealkylation sites (N-methyl/N-ethyl adjacent to an activating group) is 1. The van der Waals surface area contributed by atoms with Crippen LogP contribution >= 0.6 is 0 Å².